The number of allylic oxidation sites excluding steroid dienone is 2. The van der Waals surface area contributed by atoms with Gasteiger partial charge >= 0.3 is 0 Å². The van der Waals surface area contributed by atoms with Crippen molar-refractivity contribution in [2.24, 2.45) is 5.84 Å². The van der Waals surface area contributed by atoms with Crippen LogP contribution >= 0.6 is 11.6 Å². The molecule has 0 aliphatic heterocycles. The smallest absolute Gasteiger partial charge is 0.131 e. The number of anilines is 1. The molecule has 144 valence electrons. The average Bonchev–Trinajstić information content (AvgIpc) is 2.65. The molecular weight excluding hydrogens is 367 g/mol. The maximum atomic E-state index is 14.2. The fourth-order valence-electron chi connectivity index (χ4n) is 2.56. The first kappa shape index (κ1) is 20.7. The summed E-state index contributed by atoms with van der Waals surface area (Å²) in [4.78, 5) is 0. The molecule has 0 atom stereocenters. The maximum absolute atomic E-state index is 14.2. The van der Waals surface area contributed by atoms with Gasteiger partial charge in [-0.2, -0.15) is 0 Å². The van der Waals surface area contributed by atoms with Crippen LogP contribution < -0.4 is 20.9 Å². The highest BCUT2D eigenvalue weighted by Crippen LogP contribution is 2.26. The molecule has 4 N–H and O–H groups in total. The normalized spacial score (nSPS) is 11.7. The highest BCUT2D eigenvalue weighted by atomic mass is 35.5. The van der Waals surface area contributed by atoms with Gasteiger partial charge in [0, 0.05) is 30.9 Å². The van der Waals surface area contributed by atoms with Crippen LogP contribution in [0.3, 0.4) is 0 Å². The third-order valence-electron chi connectivity index (χ3n) is 4.23. The van der Waals surface area contributed by atoms with Crippen molar-refractivity contribution in [1.82, 2.24) is 5.32 Å². The molecule has 2 aromatic rings. The van der Waals surface area contributed by atoms with Gasteiger partial charge in [-0.25, -0.2) is 10.2 Å². The third kappa shape index (κ3) is 4.78. The molecule has 0 heterocycles. The van der Waals surface area contributed by atoms with Crippen LogP contribution in [0.4, 0.5) is 10.1 Å². The van der Waals surface area contributed by atoms with E-state index in [-0.39, 0.29) is 18.1 Å². The van der Waals surface area contributed by atoms with E-state index in [0.29, 0.717) is 27.6 Å². The second-order valence-corrected chi connectivity index (χ2v) is 6.56. The minimum atomic E-state index is -0.375. The molecule has 0 aliphatic carbocycles. The number of aryl methyl sites for hydroxylation is 1. The molecule has 0 fully saturated rings. The summed E-state index contributed by atoms with van der Waals surface area (Å²) in [6.45, 7) is 3.72. The van der Waals surface area contributed by atoms with Crippen LogP contribution in [0.25, 0.3) is 0 Å². The van der Waals surface area contributed by atoms with Crippen molar-refractivity contribution in [3.63, 3.8) is 0 Å². The molecule has 0 radical (unpaired) electrons. The molecule has 0 saturated carbocycles. The van der Waals surface area contributed by atoms with Gasteiger partial charge in [-0.1, -0.05) is 17.7 Å². The van der Waals surface area contributed by atoms with Gasteiger partial charge < -0.3 is 15.1 Å². The molecule has 0 bridgehead atoms. The standard InChI is InChI=1S/C20H24ClFN4O/c1-12-10-14(20(23)19(21)13(2)25-3)8-9-18(12)27-11-15-16(22)6-5-7-17(15)26(4)24/h5-10,23,25H,11,24H2,1-4H3/b19-13+,23-20?. The van der Waals surface area contributed by atoms with Crippen molar-refractivity contribution in [1.29, 1.82) is 5.41 Å². The lowest BCUT2D eigenvalue weighted by Crippen LogP contribution is -2.27. The van der Waals surface area contributed by atoms with Crippen LogP contribution in [0.2, 0.25) is 0 Å². The number of benzene rings is 2. The molecule has 27 heavy (non-hydrogen) atoms. The highest BCUT2D eigenvalue weighted by Gasteiger charge is 2.14. The zero-order valence-corrected chi connectivity index (χ0v) is 16.6. The zero-order chi connectivity index (χ0) is 20.1. The lowest BCUT2D eigenvalue weighted by molar-refractivity contribution is 0.298. The summed E-state index contributed by atoms with van der Waals surface area (Å²) in [5.41, 5.74) is 3.38. The van der Waals surface area contributed by atoms with E-state index >= 15 is 0 Å². The third-order valence-corrected chi connectivity index (χ3v) is 4.71. The number of hydrazine groups is 1. The van der Waals surface area contributed by atoms with Gasteiger partial charge in [0.2, 0.25) is 0 Å². The van der Waals surface area contributed by atoms with Crippen molar-refractivity contribution >= 4 is 23.0 Å². The lowest BCUT2D eigenvalue weighted by atomic mass is 10.1. The Morgan fingerprint density at radius 1 is 1.33 bits per heavy atom. The van der Waals surface area contributed by atoms with Crippen molar-refractivity contribution in [2.45, 2.75) is 20.5 Å². The van der Waals surface area contributed by atoms with E-state index in [1.165, 1.54) is 11.1 Å². The number of ether oxygens (including phenoxy) is 1. The molecule has 0 amide bonds. The van der Waals surface area contributed by atoms with Crippen molar-refractivity contribution in [3.05, 3.63) is 69.6 Å². The van der Waals surface area contributed by atoms with Gasteiger partial charge in [0.05, 0.1) is 16.4 Å². The maximum Gasteiger partial charge on any atom is 0.131 e. The van der Waals surface area contributed by atoms with Gasteiger partial charge in [-0.15, -0.1) is 0 Å². The Bertz CT molecular complexity index is 880. The van der Waals surface area contributed by atoms with Crippen LogP contribution in [0.1, 0.15) is 23.6 Å². The molecule has 7 heteroatoms. The fourth-order valence-corrected chi connectivity index (χ4v) is 2.76. The van der Waals surface area contributed by atoms with E-state index in [1.807, 2.05) is 19.9 Å². The number of nitrogens with one attached hydrogen (secondary N) is 2. The summed E-state index contributed by atoms with van der Waals surface area (Å²) in [7, 11) is 3.40. The topological polar surface area (TPSA) is 74.4 Å². The van der Waals surface area contributed by atoms with Gasteiger partial charge in [0.1, 0.15) is 18.2 Å². The molecule has 0 unspecified atom stereocenters. The van der Waals surface area contributed by atoms with Gasteiger partial charge in [0.25, 0.3) is 0 Å². The van der Waals surface area contributed by atoms with Gasteiger partial charge in [0.15, 0.2) is 0 Å². The molecule has 0 spiro atoms. The molecule has 2 rings (SSSR count). The van der Waals surface area contributed by atoms with Crippen LogP contribution in [0, 0.1) is 18.2 Å². The number of hydrogen-bond acceptors (Lipinski definition) is 5. The van der Waals surface area contributed by atoms with E-state index in [0.717, 1.165) is 11.3 Å². The average molecular weight is 391 g/mol. The first-order valence-corrected chi connectivity index (χ1v) is 8.76. The first-order chi connectivity index (χ1) is 12.8. The number of rotatable bonds is 7. The van der Waals surface area contributed by atoms with Crippen LogP contribution in [0.15, 0.2) is 47.1 Å². The highest BCUT2D eigenvalue weighted by molar-refractivity contribution is 6.46. The fraction of sp³-hybridized carbons (Fsp3) is 0.250. The Balaban J connectivity index is 2.22. The lowest BCUT2D eigenvalue weighted by Gasteiger charge is -2.18. The Labute approximate surface area is 164 Å². The Morgan fingerprint density at radius 2 is 2.04 bits per heavy atom. The molecule has 0 saturated heterocycles. The number of hydrogen-bond donors (Lipinski definition) is 3. The predicted octanol–water partition coefficient (Wildman–Crippen LogP) is 4.08. The predicted molar refractivity (Wildman–Crippen MR) is 109 cm³/mol. The van der Waals surface area contributed by atoms with E-state index in [1.54, 1.807) is 38.4 Å². The van der Waals surface area contributed by atoms with Crippen molar-refractivity contribution in [2.75, 3.05) is 19.1 Å². The molecule has 5 nitrogen and oxygen atoms in total. The van der Waals surface area contributed by atoms with E-state index in [9.17, 15) is 4.39 Å². The van der Waals surface area contributed by atoms with Crippen LogP contribution in [0.5, 0.6) is 5.75 Å². The second-order valence-electron chi connectivity index (χ2n) is 6.18. The largest absolute Gasteiger partial charge is 0.488 e. The van der Waals surface area contributed by atoms with Crippen LogP contribution in [-0.4, -0.2) is 19.8 Å². The van der Waals surface area contributed by atoms with E-state index in [4.69, 9.17) is 27.6 Å². The van der Waals surface area contributed by atoms with Gasteiger partial charge in [-0.3, -0.25) is 5.41 Å². The minimum Gasteiger partial charge on any atom is -0.488 e. The summed E-state index contributed by atoms with van der Waals surface area (Å²) < 4.78 is 20.0. The summed E-state index contributed by atoms with van der Waals surface area (Å²) >= 11 is 6.22. The number of halogens is 2. The summed E-state index contributed by atoms with van der Waals surface area (Å²) in [5, 5.41) is 12.9. The van der Waals surface area contributed by atoms with Gasteiger partial charge in [-0.05, 0) is 49.7 Å². The number of nitrogens with zero attached hydrogens (tertiary/aromatic N) is 1. The SMILES string of the molecule is CN/C(C)=C(/Cl)C(=N)c1ccc(OCc2c(F)cccc2N(C)N)c(C)c1. The molecule has 0 aromatic heterocycles. The molecule has 2 aromatic carbocycles. The quantitative estimate of drug-likeness (QED) is 0.378. The second kappa shape index (κ2) is 8.88. The summed E-state index contributed by atoms with van der Waals surface area (Å²) in [5.74, 6) is 5.99. The molecule has 0 aliphatic rings. The monoisotopic (exact) mass is 390 g/mol. The summed E-state index contributed by atoms with van der Waals surface area (Å²) in [6.07, 6.45) is 0. The Kier molecular flexibility index (Phi) is 6.82. The van der Waals surface area contributed by atoms with Crippen molar-refractivity contribution < 1.29 is 9.13 Å². The Morgan fingerprint density at radius 3 is 2.63 bits per heavy atom. The van der Waals surface area contributed by atoms with Crippen LogP contribution in [-0.2, 0) is 6.61 Å². The Hall–Kier alpha value is -2.57. The summed E-state index contributed by atoms with van der Waals surface area (Å²) in [6, 6.07) is 10.0. The van der Waals surface area contributed by atoms with E-state index in [2.05, 4.69) is 5.32 Å². The number of nitrogens with two attached hydrogens (primary N) is 1. The van der Waals surface area contributed by atoms with Crippen molar-refractivity contribution in [3.8, 4) is 5.75 Å². The zero-order valence-electron chi connectivity index (χ0n) is 15.9. The first-order valence-electron chi connectivity index (χ1n) is 8.39. The minimum absolute atomic E-state index is 0.0424. The molecular formula is C20H24ClFN4O. The van der Waals surface area contributed by atoms with E-state index < -0.39 is 0 Å².